The largest absolute Gasteiger partial charge is 0.491 e. The Morgan fingerprint density at radius 1 is 1.25 bits per heavy atom. The summed E-state index contributed by atoms with van der Waals surface area (Å²) in [5.41, 5.74) is 1.03. The topological polar surface area (TPSA) is 29.9 Å². The first-order valence-corrected chi connectivity index (χ1v) is 5.61. The molecule has 0 aliphatic carbocycles. The quantitative estimate of drug-likeness (QED) is 0.826. The molecule has 1 aromatic carbocycles. The molecule has 0 aliphatic rings. The fourth-order valence-corrected chi connectivity index (χ4v) is 1.72. The fraction of sp³-hybridized carbons (Fsp3) is 0.250. The minimum absolute atomic E-state index is 0.195. The maximum atomic E-state index is 5.57. The van der Waals surface area contributed by atoms with Gasteiger partial charge in [0.05, 0.1) is 6.10 Å². The van der Waals surface area contributed by atoms with E-state index < -0.39 is 0 Å². The summed E-state index contributed by atoms with van der Waals surface area (Å²) < 4.78 is 8.18. The highest BCUT2D eigenvalue weighted by Crippen LogP contribution is 2.16. The summed E-state index contributed by atoms with van der Waals surface area (Å²) in [6, 6.07) is 7.87. The number of nitrogens with zero attached hydrogens (tertiary/aromatic N) is 1. The van der Waals surface area contributed by atoms with Crippen LogP contribution in [0.25, 0.3) is 5.69 Å². The summed E-state index contributed by atoms with van der Waals surface area (Å²) in [7, 11) is 0. The molecule has 0 bridgehead atoms. The molecule has 16 heavy (non-hydrogen) atoms. The van der Waals surface area contributed by atoms with E-state index in [4.69, 9.17) is 17.0 Å². The van der Waals surface area contributed by atoms with Gasteiger partial charge in [0.25, 0.3) is 0 Å². The van der Waals surface area contributed by atoms with Crippen LogP contribution in [0.2, 0.25) is 0 Å². The molecular formula is C12H14N2OS. The van der Waals surface area contributed by atoms with E-state index in [0.717, 1.165) is 11.4 Å². The van der Waals surface area contributed by atoms with E-state index in [1.807, 2.05) is 55.1 Å². The van der Waals surface area contributed by atoms with Crippen molar-refractivity contribution >= 4 is 12.2 Å². The van der Waals surface area contributed by atoms with Crippen LogP contribution in [0.15, 0.2) is 36.7 Å². The van der Waals surface area contributed by atoms with Gasteiger partial charge in [0, 0.05) is 18.1 Å². The van der Waals surface area contributed by atoms with E-state index >= 15 is 0 Å². The molecule has 84 valence electrons. The highest BCUT2D eigenvalue weighted by Gasteiger charge is 2.00. The Morgan fingerprint density at radius 2 is 1.94 bits per heavy atom. The Labute approximate surface area is 99.7 Å². The Kier molecular flexibility index (Phi) is 3.10. The van der Waals surface area contributed by atoms with E-state index in [1.54, 1.807) is 0 Å². The fourth-order valence-electron chi connectivity index (χ4n) is 1.48. The molecule has 0 saturated carbocycles. The van der Waals surface area contributed by atoms with Crippen molar-refractivity contribution in [2.75, 3.05) is 0 Å². The summed E-state index contributed by atoms with van der Waals surface area (Å²) in [5.74, 6) is 0.876. The first-order valence-electron chi connectivity index (χ1n) is 5.20. The number of benzene rings is 1. The predicted molar refractivity (Wildman–Crippen MR) is 66.7 cm³/mol. The third kappa shape index (κ3) is 2.33. The van der Waals surface area contributed by atoms with Gasteiger partial charge in [-0.1, -0.05) is 0 Å². The maximum Gasteiger partial charge on any atom is 0.181 e. The molecule has 0 saturated heterocycles. The monoisotopic (exact) mass is 234 g/mol. The highest BCUT2D eigenvalue weighted by atomic mass is 32.1. The molecule has 1 aromatic heterocycles. The molecule has 0 unspecified atom stereocenters. The number of ether oxygens (including phenoxy) is 1. The summed E-state index contributed by atoms with van der Waals surface area (Å²) in [4.78, 5) is 2.96. The van der Waals surface area contributed by atoms with Crippen molar-refractivity contribution in [3.63, 3.8) is 0 Å². The number of aromatic nitrogens is 2. The number of hydrogen-bond acceptors (Lipinski definition) is 2. The van der Waals surface area contributed by atoms with Gasteiger partial charge < -0.3 is 9.72 Å². The van der Waals surface area contributed by atoms with Crippen LogP contribution in [0.4, 0.5) is 0 Å². The van der Waals surface area contributed by atoms with Gasteiger partial charge in [-0.05, 0) is 50.3 Å². The smallest absolute Gasteiger partial charge is 0.181 e. The van der Waals surface area contributed by atoms with Crippen molar-refractivity contribution in [2.24, 2.45) is 0 Å². The normalized spacial score (nSPS) is 10.7. The molecule has 0 spiro atoms. The van der Waals surface area contributed by atoms with Crippen LogP contribution < -0.4 is 4.74 Å². The van der Waals surface area contributed by atoms with Crippen LogP contribution in [0.5, 0.6) is 5.75 Å². The lowest BCUT2D eigenvalue weighted by atomic mass is 10.3. The molecule has 0 aliphatic heterocycles. The molecule has 0 fully saturated rings. The van der Waals surface area contributed by atoms with Gasteiger partial charge in [-0.15, -0.1) is 0 Å². The van der Waals surface area contributed by atoms with E-state index in [1.165, 1.54) is 0 Å². The Bertz CT molecular complexity index is 510. The van der Waals surface area contributed by atoms with Crippen molar-refractivity contribution in [3.05, 3.63) is 41.4 Å². The zero-order valence-corrected chi connectivity index (χ0v) is 10.1. The number of imidazole rings is 1. The number of nitrogens with one attached hydrogen (secondary N) is 1. The first-order chi connectivity index (χ1) is 7.66. The van der Waals surface area contributed by atoms with Crippen LogP contribution in [-0.2, 0) is 0 Å². The second kappa shape index (κ2) is 4.53. The van der Waals surface area contributed by atoms with Gasteiger partial charge in [-0.3, -0.25) is 4.57 Å². The van der Waals surface area contributed by atoms with Crippen LogP contribution in [0.1, 0.15) is 13.8 Å². The van der Waals surface area contributed by atoms with Gasteiger partial charge in [0.2, 0.25) is 0 Å². The summed E-state index contributed by atoms with van der Waals surface area (Å²) >= 11 is 5.15. The summed E-state index contributed by atoms with van der Waals surface area (Å²) in [5, 5.41) is 0. The van der Waals surface area contributed by atoms with Crippen LogP contribution >= 0.6 is 12.2 Å². The van der Waals surface area contributed by atoms with Crippen LogP contribution in [0.3, 0.4) is 0 Å². The average Bonchev–Trinajstić information content (AvgIpc) is 2.65. The number of rotatable bonds is 3. The van der Waals surface area contributed by atoms with Crippen molar-refractivity contribution in [3.8, 4) is 11.4 Å². The molecule has 2 rings (SSSR count). The lowest BCUT2D eigenvalue weighted by Crippen LogP contribution is -2.05. The molecule has 2 aromatic rings. The Balaban J connectivity index is 2.26. The van der Waals surface area contributed by atoms with Gasteiger partial charge >= 0.3 is 0 Å². The zero-order chi connectivity index (χ0) is 11.5. The summed E-state index contributed by atoms with van der Waals surface area (Å²) in [6.07, 6.45) is 3.92. The molecule has 3 nitrogen and oxygen atoms in total. The lowest BCUT2D eigenvalue weighted by molar-refractivity contribution is 0.242. The molecule has 0 radical (unpaired) electrons. The molecule has 4 heteroatoms. The van der Waals surface area contributed by atoms with Crippen molar-refractivity contribution < 1.29 is 4.74 Å². The minimum Gasteiger partial charge on any atom is -0.491 e. The molecule has 0 atom stereocenters. The third-order valence-electron chi connectivity index (χ3n) is 2.14. The second-order valence-electron chi connectivity index (χ2n) is 3.80. The van der Waals surface area contributed by atoms with Crippen molar-refractivity contribution in [2.45, 2.75) is 20.0 Å². The standard InChI is InChI=1S/C12H14N2OS/c1-9(2)15-11-5-3-10(4-6-11)14-8-7-13-12(14)16/h3-9H,1-2H3,(H,13,16). The van der Waals surface area contributed by atoms with Crippen molar-refractivity contribution in [1.82, 2.24) is 9.55 Å². The molecule has 0 amide bonds. The van der Waals surface area contributed by atoms with Crippen LogP contribution in [0, 0.1) is 4.77 Å². The number of H-pyrrole nitrogens is 1. The van der Waals surface area contributed by atoms with Crippen molar-refractivity contribution in [1.29, 1.82) is 0 Å². The molecule has 1 N–H and O–H groups in total. The van der Waals surface area contributed by atoms with E-state index in [0.29, 0.717) is 4.77 Å². The molecule has 1 heterocycles. The van der Waals surface area contributed by atoms with Gasteiger partial charge in [-0.2, -0.15) is 0 Å². The predicted octanol–water partition coefficient (Wildman–Crippen LogP) is 3.32. The second-order valence-corrected chi connectivity index (χ2v) is 4.18. The minimum atomic E-state index is 0.195. The zero-order valence-electron chi connectivity index (χ0n) is 9.31. The first kappa shape index (κ1) is 11.0. The maximum absolute atomic E-state index is 5.57. The Hall–Kier alpha value is -1.55. The lowest BCUT2D eigenvalue weighted by Gasteiger charge is -2.10. The highest BCUT2D eigenvalue weighted by molar-refractivity contribution is 7.71. The Morgan fingerprint density at radius 3 is 2.44 bits per heavy atom. The van der Waals surface area contributed by atoms with Gasteiger partial charge in [0.15, 0.2) is 4.77 Å². The average molecular weight is 234 g/mol. The number of hydrogen-bond donors (Lipinski definition) is 1. The molecular weight excluding hydrogens is 220 g/mol. The van der Waals surface area contributed by atoms with Crippen LogP contribution in [-0.4, -0.2) is 15.7 Å². The van der Waals surface area contributed by atoms with E-state index in [2.05, 4.69) is 4.98 Å². The third-order valence-corrected chi connectivity index (χ3v) is 2.45. The summed E-state index contributed by atoms with van der Waals surface area (Å²) in [6.45, 7) is 4.02. The van der Waals surface area contributed by atoms with Gasteiger partial charge in [0.1, 0.15) is 5.75 Å². The van der Waals surface area contributed by atoms with E-state index in [-0.39, 0.29) is 6.10 Å². The SMILES string of the molecule is CC(C)Oc1ccc(-n2cc[nH]c2=S)cc1. The van der Waals surface area contributed by atoms with E-state index in [9.17, 15) is 0 Å². The van der Waals surface area contributed by atoms with Gasteiger partial charge in [-0.25, -0.2) is 0 Å². The number of aromatic amines is 1.